The quantitative estimate of drug-likeness (QED) is 0.890. The van der Waals surface area contributed by atoms with Crippen molar-refractivity contribution in [2.75, 3.05) is 26.7 Å². The van der Waals surface area contributed by atoms with Crippen LogP contribution in [0.3, 0.4) is 0 Å². The second-order valence-corrected chi connectivity index (χ2v) is 5.85. The first-order valence-electron chi connectivity index (χ1n) is 6.65. The Morgan fingerprint density at radius 3 is 2.45 bits per heavy atom. The monoisotopic (exact) mass is 276 g/mol. The summed E-state index contributed by atoms with van der Waals surface area (Å²) >= 11 is 0. The minimum atomic E-state index is -1.02. The summed E-state index contributed by atoms with van der Waals surface area (Å²) < 4.78 is 0. The second-order valence-electron chi connectivity index (χ2n) is 5.85. The third-order valence-corrected chi connectivity index (χ3v) is 3.96. The van der Waals surface area contributed by atoms with Crippen LogP contribution in [0.15, 0.2) is 24.3 Å². The molecule has 0 aromatic heterocycles. The molecule has 2 rings (SSSR count). The van der Waals surface area contributed by atoms with Crippen LogP contribution in [-0.2, 0) is 0 Å². The second kappa shape index (κ2) is 5.25. The zero-order valence-electron chi connectivity index (χ0n) is 12.1. The number of carbonyl (C=O) groups excluding carboxylic acids is 1. The summed E-state index contributed by atoms with van der Waals surface area (Å²) in [6.07, 6.45) is 0. The Morgan fingerprint density at radius 1 is 1.20 bits per heavy atom. The van der Waals surface area contributed by atoms with Crippen molar-refractivity contribution in [3.05, 3.63) is 35.4 Å². The predicted octanol–water partition coefficient (Wildman–Crippen LogP) is 1.55. The van der Waals surface area contributed by atoms with Crippen LogP contribution in [0.25, 0.3) is 0 Å². The molecule has 1 aliphatic rings. The molecule has 0 atom stereocenters. The zero-order chi connectivity index (χ0) is 14.9. The van der Waals surface area contributed by atoms with Gasteiger partial charge in [0.15, 0.2) is 0 Å². The molecule has 20 heavy (non-hydrogen) atoms. The van der Waals surface area contributed by atoms with Crippen molar-refractivity contribution in [2.45, 2.75) is 19.4 Å². The fourth-order valence-corrected chi connectivity index (χ4v) is 2.38. The van der Waals surface area contributed by atoms with Crippen LogP contribution in [0.5, 0.6) is 0 Å². The third kappa shape index (κ3) is 2.82. The number of carboxylic acid groups (broad SMARTS) is 1. The minimum Gasteiger partial charge on any atom is -0.478 e. The number of hydrogen-bond acceptors (Lipinski definition) is 3. The molecule has 1 saturated heterocycles. The number of carboxylic acids is 1. The molecule has 1 amide bonds. The van der Waals surface area contributed by atoms with E-state index < -0.39 is 5.97 Å². The van der Waals surface area contributed by atoms with Crippen molar-refractivity contribution in [3.8, 4) is 0 Å². The molecular weight excluding hydrogens is 256 g/mol. The van der Waals surface area contributed by atoms with Gasteiger partial charge in [-0.2, -0.15) is 0 Å². The first-order valence-corrected chi connectivity index (χ1v) is 6.65. The molecule has 1 heterocycles. The zero-order valence-corrected chi connectivity index (χ0v) is 12.1. The van der Waals surface area contributed by atoms with Gasteiger partial charge in [0.2, 0.25) is 0 Å². The van der Waals surface area contributed by atoms with E-state index in [1.54, 1.807) is 17.0 Å². The summed E-state index contributed by atoms with van der Waals surface area (Å²) in [5.74, 6) is -1.12. The largest absolute Gasteiger partial charge is 0.478 e. The molecule has 1 aliphatic heterocycles. The summed E-state index contributed by atoms with van der Waals surface area (Å²) in [4.78, 5) is 27.5. The van der Waals surface area contributed by atoms with Crippen LogP contribution in [0.1, 0.15) is 34.6 Å². The summed E-state index contributed by atoms with van der Waals surface area (Å²) in [5.41, 5.74) is 0.507. The van der Waals surface area contributed by atoms with Crippen molar-refractivity contribution >= 4 is 11.9 Å². The Bertz CT molecular complexity index is 540. The summed E-state index contributed by atoms with van der Waals surface area (Å²) in [6, 6.07) is 6.21. The maximum atomic E-state index is 12.5. The van der Waals surface area contributed by atoms with Gasteiger partial charge < -0.3 is 10.0 Å². The van der Waals surface area contributed by atoms with Crippen molar-refractivity contribution in [3.63, 3.8) is 0 Å². The number of nitrogens with zero attached hydrogens (tertiary/aromatic N) is 2. The van der Waals surface area contributed by atoms with E-state index in [0.717, 1.165) is 6.54 Å². The van der Waals surface area contributed by atoms with Gasteiger partial charge in [-0.1, -0.05) is 6.07 Å². The summed E-state index contributed by atoms with van der Waals surface area (Å²) in [5, 5.41) is 8.99. The smallest absolute Gasteiger partial charge is 0.335 e. The maximum Gasteiger partial charge on any atom is 0.335 e. The Balaban J connectivity index is 2.20. The molecule has 0 saturated carbocycles. The number of likely N-dealkylation sites (N-methyl/N-ethyl adjacent to an activating group) is 1. The average molecular weight is 276 g/mol. The van der Waals surface area contributed by atoms with E-state index in [1.807, 2.05) is 7.05 Å². The highest BCUT2D eigenvalue weighted by atomic mass is 16.4. The molecule has 0 aliphatic carbocycles. The van der Waals surface area contributed by atoms with Crippen LogP contribution < -0.4 is 0 Å². The number of hydrogen-bond donors (Lipinski definition) is 1. The molecule has 1 aromatic carbocycles. The molecule has 1 N–H and O–H groups in total. The first kappa shape index (κ1) is 14.5. The molecule has 5 heteroatoms. The van der Waals surface area contributed by atoms with Crippen molar-refractivity contribution in [1.29, 1.82) is 0 Å². The van der Waals surface area contributed by atoms with Crippen LogP contribution in [-0.4, -0.2) is 59.0 Å². The van der Waals surface area contributed by atoms with Crippen molar-refractivity contribution < 1.29 is 14.7 Å². The number of carbonyl (C=O) groups is 2. The number of rotatable bonds is 2. The fourth-order valence-electron chi connectivity index (χ4n) is 2.38. The van der Waals surface area contributed by atoms with Gasteiger partial charge in [-0.3, -0.25) is 9.69 Å². The van der Waals surface area contributed by atoms with Gasteiger partial charge in [0, 0.05) is 30.7 Å². The van der Waals surface area contributed by atoms with E-state index in [9.17, 15) is 9.59 Å². The van der Waals surface area contributed by atoms with E-state index >= 15 is 0 Å². The summed E-state index contributed by atoms with van der Waals surface area (Å²) in [6.45, 7) is 6.31. The highest BCUT2D eigenvalue weighted by molar-refractivity contribution is 5.97. The molecular formula is C15H20N2O3. The van der Waals surface area contributed by atoms with E-state index in [1.165, 1.54) is 12.1 Å². The van der Waals surface area contributed by atoms with Crippen molar-refractivity contribution in [1.82, 2.24) is 9.80 Å². The van der Waals surface area contributed by atoms with E-state index in [-0.39, 0.29) is 17.0 Å². The number of aromatic carboxylic acids is 1. The third-order valence-electron chi connectivity index (χ3n) is 3.96. The predicted molar refractivity (Wildman–Crippen MR) is 76.0 cm³/mol. The normalized spacial score (nSPS) is 18.9. The Morgan fingerprint density at radius 2 is 1.85 bits per heavy atom. The van der Waals surface area contributed by atoms with Gasteiger partial charge in [0.25, 0.3) is 5.91 Å². The topological polar surface area (TPSA) is 60.9 Å². The highest BCUT2D eigenvalue weighted by Gasteiger charge is 2.33. The standard InChI is InChI=1S/C15H20N2O3/c1-15(2)10-17(8-7-16(15)3)13(18)11-5-4-6-12(9-11)14(19)20/h4-6,9H,7-8,10H2,1-3H3,(H,19,20). The lowest BCUT2D eigenvalue weighted by atomic mass is 9.99. The lowest BCUT2D eigenvalue weighted by molar-refractivity contribution is 0.0311. The van der Waals surface area contributed by atoms with Gasteiger partial charge in [-0.15, -0.1) is 0 Å². The van der Waals surface area contributed by atoms with E-state index in [2.05, 4.69) is 18.7 Å². The first-order chi connectivity index (χ1) is 9.31. The number of benzene rings is 1. The van der Waals surface area contributed by atoms with Gasteiger partial charge in [-0.25, -0.2) is 4.79 Å². The highest BCUT2D eigenvalue weighted by Crippen LogP contribution is 2.20. The lowest BCUT2D eigenvalue weighted by Crippen LogP contribution is -2.58. The Kier molecular flexibility index (Phi) is 3.81. The van der Waals surface area contributed by atoms with Crippen LogP contribution in [0.4, 0.5) is 0 Å². The molecule has 1 aromatic rings. The van der Waals surface area contributed by atoms with Gasteiger partial charge >= 0.3 is 5.97 Å². The number of amides is 1. The summed E-state index contributed by atoms with van der Waals surface area (Å²) in [7, 11) is 2.05. The van der Waals surface area contributed by atoms with Crippen molar-refractivity contribution in [2.24, 2.45) is 0 Å². The number of piperazine rings is 1. The SMILES string of the molecule is CN1CCN(C(=O)c2cccc(C(=O)O)c2)CC1(C)C. The molecule has 0 spiro atoms. The molecule has 5 nitrogen and oxygen atoms in total. The molecule has 0 radical (unpaired) electrons. The van der Waals surface area contributed by atoms with Gasteiger partial charge in [0.1, 0.15) is 0 Å². The fraction of sp³-hybridized carbons (Fsp3) is 0.467. The molecule has 0 bridgehead atoms. The minimum absolute atomic E-state index is 0.0711. The van der Waals surface area contributed by atoms with Crippen LogP contribution in [0.2, 0.25) is 0 Å². The molecule has 1 fully saturated rings. The maximum absolute atomic E-state index is 12.5. The molecule has 0 unspecified atom stereocenters. The Labute approximate surface area is 118 Å². The van der Waals surface area contributed by atoms with Gasteiger partial charge in [-0.05, 0) is 39.1 Å². The van der Waals surface area contributed by atoms with E-state index in [4.69, 9.17) is 5.11 Å². The Hall–Kier alpha value is -1.88. The van der Waals surface area contributed by atoms with Gasteiger partial charge in [0.05, 0.1) is 5.56 Å². The van der Waals surface area contributed by atoms with Crippen LogP contribution in [0, 0.1) is 0 Å². The molecule has 108 valence electrons. The van der Waals surface area contributed by atoms with Crippen LogP contribution >= 0.6 is 0 Å². The lowest BCUT2D eigenvalue weighted by Gasteiger charge is -2.45. The average Bonchev–Trinajstić information content (AvgIpc) is 2.41. The van der Waals surface area contributed by atoms with E-state index in [0.29, 0.717) is 18.7 Å².